The number of non-ortho nitro benzene ring substituents is 1. The number of aromatic nitrogens is 1. The van der Waals surface area contributed by atoms with Crippen LogP contribution in [0.2, 0.25) is 5.02 Å². The zero-order valence-electron chi connectivity index (χ0n) is 16.6. The van der Waals surface area contributed by atoms with Gasteiger partial charge in [-0.25, -0.2) is 4.98 Å². The van der Waals surface area contributed by atoms with E-state index in [2.05, 4.69) is 15.5 Å². The minimum Gasteiger partial charge on any atom is -0.493 e. The molecule has 1 aromatic heterocycles. The van der Waals surface area contributed by atoms with E-state index in [1.54, 1.807) is 24.3 Å². The normalized spacial score (nSPS) is 10.7. The number of hydrazone groups is 1. The summed E-state index contributed by atoms with van der Waals surface area (Å²) in [5.41, 5.74) is 3.55. The fourth-order valence-corrected chi connectivity index (χ4v) is 2.90. The zero-order valence-corrected chi connectivity index (χ0v) is 17.4. The number of nitrogens with zero attached hydrogens (tertiary/aromatic N) is 4. The second-order valence-electron chi connectivity index (χ2n) is 6.24. The minimum absolute atomic E-state index is 0.00476. The van der Waals surface area contributed by atoms with Crippen LogP contribution in [0.3, 0.4) is 0 Å². The van der Waals surface area contributed by atoms with Crippen LogP contribution in [0.25, 0.3) is 0 Å². The van der Waals surface area contributed by atoms with Crippen LogP contribution in [0.1, 0.15) is 11.1 Å². The fourth-order valence-electron chi connectivity index (χ4n) is 2.62. The Morgan fingerprint density at radius 2 is 1.91 bits per heavy atom. The topological polar surface area (TPSA) is 142 Å². The quantitative estimate of drug-likeness (QED) is 0.279. The van der Waals surface area contributed by atoms with Crippen molar-refractivity contribution in [3.63, 3.8) is 0 Å². The lowest BCUT2D eigenvalue weighted by Crippen LogP contribution is -2.01. The lowest BCUT2D eigenvalue weighted by molar-refractivity contribution is -0.384. The molecule has 0 aliphatic carbocycles. The molecule has 1 N–H and O–H groups in total. The molecule has 0 atom stereocenters. The van der Waals surface area contributed by atoms with E-state index >= 15 is 0 Å². The average Bonchev–Trinajstić information content (AvgIpc) is 2.78. The van der Waals surface area contributed by atoms with E-state index in [4.69, 9.17) is 21.1 Å². The number of rotatable bonds is 9. The number of halogens is 1. The molecule has 11 nitrogen and oxygen atoms in total. The summed E-state index contributed by atoms with van der Waals surface area (Å²) in [7, 11) is 1.45. The Morgan fingerprint density at radius 1 is 1.16 bits per heavy atom. The Labute approximate surface area is 186 Å². The molecule has 0 aliphatic rings. The molecule has 0 bridgehead atoms. The van der Waals surface area contributed by atoms with Crippen molar-refractivity contribution in [1.82, 2.24) is 4.98 Å². The van der Waals surface area contributed by atoms with Gasteiger partial charge in [0.2, 0.25) is 5.82 Å². The molecular weight excluding hydrogens is 442 g/mol. The highest BCUT2D eigenvalue weighted by Gasteiger charge is 2.14. The van der Waals surface area contributed by atoms with Crippen LogP contribution in [0.15, 0.2) is 59.8 Å². The number of anilines is 1. The van der Waals surface area contributed by atoms with Crippen LogP contribution in [0.4, 0.5) is 17.2 Å². The van der Waals surface area contributed by atoms with Crippen molar-refractivity contribution in [3.05, 3.63) is 91.1 Å². The SMILES string of the molecule is COc1cc(/C=N\Nc2ncccc2[N+](=O)[O-])cc(Cl)c1OCc1ccc([N+](=O)[O-])cc1. The van der Waals surface area contributed by atoms with E-state index in [1.165, 1.54) is 43.8 Å². The molecule has 12 heteroatoms. The van der Waals surface area contributed by atoms with Crippen molar-refractivity contribution < 1.29 is 19.3 Å². The molecule has 1 heterocycles. The third kappa shape index (κ3) is 5.46. The summed E-state index contributed by atoms with van der Waals surface area (Å²) in [4.78, 5) is 24.6. The van der Waals surface area contributed by atoms with Gasteiger partial charge in [0.05, 0.1) is 28.2 Å². The summed E-state index contributed by atoms with van der Waals surface area (Å²) in [6, 6.07) is 11.9. The lowest BCUT2D eigenvalue weighted by atomic mass is 10.2. The number of nitrogens with one attached hydrogen (secondary N) is 1. The molecule has 0 saturated heterocycles. The maximum Gasteiger partial charge on any atom is 0.313 e. The van der Waals surface area contributed by atoms with Crippen LogP contribution >= 0.6 is 11.6 Å². The number of benzene rings is 2. The second kappa shape index (κ2) is 10.2. The number of nitro benzene ring substituents is 1. The first-order chi connectivity index (χ1) is 15.4. The Bertz CT molecular complexity index is 1170. The first-order valence-electron chi connectivity index (χ1n) is 9.01. The third-order valence-corrected chi connectivity index (χ3v) is 4.43. The summed E-state index contributed by atoms with van der Waals surface area (Å²) in [6.07, 6.45) is 2.80. The van der Waals surface area contributed by atoms with E-state index in [1.807, 2.05) is 0 Å². The van der Waals surface area contributed by atoms with Gasteiger partial charge < -0.3 is 9.47 Å². The molecule has 0 saturated carbocycles. The number of nitro groups is 2. The zero-order chi connectivity index (χ0) is 23.1. The van der Waals surface area contributed by atoms with Crippen LogP contribution in [0, 0.1) is 20.2 Å². The summed E-state index contributed by atoms with van der Waals surface area (Å²) in [6.45, 7) is 0.117. The highest BCUT2D eigenvalue weighted by atomic mass is 35.5. The standard InChI is InChI=1S/C20H16ClN5O6/c1-31-18-10-14(11-23-24-20-17(26(29)30)3-2-8-22-20)9-16(21)19(18)32-12-13-4-6-15(7-5-13)25(27)28/h2-11H,12H2,1H3,(H,22,24)/b23-11-. The first kappa shape index (κ1) is 22.4. The van der Waals surface area contributed by atoms with E-state index in [0.29, 0.717) is 16.9 Å². The molecule has 32 heavy (non-hydrogen) atoms. The van der Waals surface area contributed by atoms with Crippen LogP contribution in [-0.4, -0.2) is 28.2 Å². The van der Waals surface area contributed by atoms with Crippen molar-refractivity contribution in [2.45, 2.75) is 6.61 Å². The van der Waals surface area contributed by atoms with Crippen molar-refractivity contribution in [3.8, 4) is 11.5 Å². The maximum atomic E-state index is 11.0. The molecule has 164 valence electrons. The van der Waals surface area contributed by atoms with Gasteiger partial charge in [0.25, 0.3) is 5.69 Å². The van der Waals surface area contributed by atoms with Crippen molar-refractivity contribution in [2.75, 3.05) is 12.5 Å². The van der Waals surface area contributed by atoms with Gasteiger partial charge in [0, 0.05) is 24.4 Å². The second-order valence-corrected chi connectivity index (χ2v) is 6.65. The molecular formula is C20H16ClN5O6. The van der Waals surface area contributed by atoms with Crippen LogP contribution in [-0.2, 0) is 6.61 Å². The molecule has 0 amide bonds. The Morgan fingerprint density at radius 3 is 2.56 bits per heavy atom. The fraction of sp³-hybridized carbons (Fsp3) is 0.100. The Kier molecular flexibility index (Phi) is 7.13. The monoisotopic (exact) mass is 457 g/mol. The third-order valence-electron chi connectivity index (χ3n) is 4.15. The molecule has 0 radical (unpaired) electrons. The van der Waals surface area contributed by atoms with E-state index < -0.39 is 9.85 Å². The number of hydrogen-bond donors (Lipinski definition) is 1. The number of hydrogen-bond acceptors (Lipinski definition) is 9. The number of pyridine rings is 1. The Balaban J connectivity index is 1.72. The molecule has 0 fully saturated rings. The van der Waals surface area contributed by atoms with Crippen molar-refractivity contribution in [2.24, 2.45) is 5.10 Å². The molecule has 0 aliphatic heterocycles. The number of methoxy groups -OCH3 is 1. The van der Waals surface area contributed by atoms with Gasteiger partial charge in [0.15, 0.2) is 11.5 Å². The smallest absolute Gasteiger partial charge is 0.313 e. The predicted molar refractivity (Wildman–Crippen MR) is 118 cm³/mol. The molecule has 0 unspecified atom stereocenters. The van der Waals surface area contributed by atoms with Gasteiger partial charge in [-0.3, -0.25) is 25.7 Å². The molecule has 3 aromatic rings. The van der Waals surface area contributed by atoms with Crippen molar-refractivity contribution in [1.29, 1.82) is 0 Å². The summed E-state index contributed by atoms with van der Waals surface area (Å²) in [5.74, 6) is 0.623. The molecule has 3 rings (SSSR count). The van der Waals surface area contributed by atoms with Crippen molar-refractivity contribution >= 4 is 35.0 Å². The largest absolute Gasteiger partial charge is 0.493 e. The summed E-state index contributed by atoms with van der Waals surface area (Å²) >= 11 is 6.33. The highest BCUT2D eigenvalue weighted by Crippen LogP contribution is 2.36. The van der Waals surface area contributed by atoms with Gasteiger partial charge >= 0.3 is 5.69 Å². The predicted octanol–water partition coefficient (Wildman–Crippen LogP) is 4.59. The number of ether oxygens (including phenoxy) is 2. The van der Waals surface area contributed by atoms with Gasteiger partial charge in [-0.15, -0.1) is 0 Å². The summed E-state index contributed by atoms with van der Waals surface area (Å²) < 4.78 is 11.1. The van der Waals surface area contributed by atoms with Gasteiger partial charge in [-0.1, -0.05) is 11.6 Å². The van der Waals surface area contributed by atoms with E-state index in [9.17, 15) is 20.2 Å². The van der Waals surface area contributed by atoms with Gasteiger partial charge in [-0.05, 0) is 41.5 Å². The first-order valence-corrected chi connectivity index (χ1v) is 9.39. The van der Waals surface area contributed by atoms with Crippen LogP contribution in [0.5, 0.6) is 11.5 Å². The Hall–Kier alpha value is -4.25. The molecule has 2 aromatic carbocycles. The highest BCUT2D eigenvalue weighted by molar-refractivity contribution is 6.32. The minimum atomic E-state index is -0.568. The maximum absolute atomic E-state index is 11.0. The van der Waals surface area contributed by atoms with Gasteiger partial charge in [-0.2, -0.15) is 5.10 Å². The van der Waals surface area contributed by atoms with E-state index in [0.717, 1.165) is 0 Å². The van der Waals surface area contributed by atoms with Gasteiger partial charge in [0.1, 0.15) is 6.61 Å². The average molecular weight is 458 g/mol. The molecule has 0 spiro atoms. The van der Waals surface area contributed by atoms with E-state index in [-0.39, 0.29) is 34.6 Å². The lowest BCUT2D eigenvalue weighted by Gasteiger charge is -2.13. The summed E-state index contributed by atoms with van der Waals surface area (Å²) in [5, 5.41) is 26.0. The van der Waals surface area contributed by atoms with Crippen LogP contribution < -0.4 is 14.9 Å².